The summed E-state index contributed by atoms with van der Waals surface area (Å²) in [7, 11) is 3.09. The fourth-order valence-electron chi connectivity index (χ4n) is 3.75. The Kier molecular flexibility index (Phi) is 9.90. The zero-order valence-corrected chi connectivity index (χ0v) is 23.1. The molecule has 4 aromatic carbocycles. The van der Waals surface area contributed by atoms with Crippen molar-refractivity contribution in [3.05, 3.63) is 118 Å². The standard InChI is InChI=1S/C31H27ClFN3O5/c1-39-26-12-3-20(4-13-26)16-30(37)35-25-10-7-22(8-11-25)31(38)36-34-18-21-5-14-28(29(15-21)40-2)41-19-23-6-9-24(33)17-27(23)32/h3-15,17-18H,16,19H2,1-2H3,(H,35,37)(H,36,38)/b34-18+. The van der Waals surface area contributed by atoms with Crippen LogP contribution in [0.4, 0.5) is 10.1 Å². The molecule has 0 heterocycles. The smallest absolute Gasteiger partial charge is 0.271 e. The molecule has 0 aliphatic heterocycles. The first kappa shape index (κ1) is 29.1. The molecule has 2 N–H and O–H groups in total. The van der Waals surface area contributed by atoms with Crippen LogP contribution in [0.15, 0.2) is 90.0 Å². The molecule has 0 saturated heterocycles. The van der Waals surface area contributed by atoms with Crippen LogP contribution >= 0.6 is 11.6 Å². The summed E-state index contributed by atoms with van der Waals surface area (Å²) in [4.78, 5) is 24.9. The predicted octanol–water partition coefficient (Wildman–Crippen LogP) is 6.02. The SMILES string of the molecule is COc1ccc(CC(=O)Nc2ccc(C(=O)N/N=C/c3ccc(OCc4ccc(F)cc4Cl)c(OC)c3)cc2)cc1. The van der Waals surface area contributed by atoms with Crippen LogP contribution < -0.4 is 25.0 Å². The van der Waals surface area contributed by atoms with E-state index in [2.05, 4.69) is 15.8 Å². The number of halogens is 2. The minimum Gasteiger partial charge on any atom is -0.497 e. The van der Waals surface area contributed by atoms with Gasteiger partial charge in [-0.2, -0.15) is 5.10 Å². The Hall–Kier alpha value is -4.89. The third-order valence-corrected chi connectivity index (χ3v) is 6.27. The van der Waals surface area contributed by atoms with Gasteiger partial charge < -0.3 is 19.5 Å². The van der Waals surface area contributed by atoms with Crippen molar-refractivity contribution < 1.29 is 28.2 Å². The lowest BCUT2D eigenvalue weighted by molar-refractivity contribution is -0.115. The first-order valence-corrected chi connectivity index (χ1v) is 12.8. The second kappa shape index (κ2) is 14.0. The minimum absolute atomic E-state index is 0.129. The van der Waals surface area contributed by atoms with E-state index in [9.17, 15) is 14.0 Å². The molecule has 210 valence electrons. The molecule has 0 unspecified atom stereocenters. The Labute approximate surface area is 241 Å². The summed E-state index contributed by atoms with van der Waals surface area (Å²) in [5.74, 6) is 0.617. The van der Waals surface area contributed by atoms with Crippen LogP contribution in [0.1, 0.15) is 27.0 Å². The highest BCUT2D eigenvalue weighted by Crippen LogP contribution is 2.29. The molecule has 0 aliphatic rings. The molecule has 0 aliphatic carbocycles. The summed E-state index contributed by atoms with van der Waals surface area (Å²) in [5.41, 5.74) is 5.56. The Morgan fingerprint density at radius 1 is 0.902 bits per heavy atom. The van der Waals surface area contributed by atoms with Gasteiger partial charge in [0.25, 0.3) is 5.91 Å². The molecule has 0 fully saturated rings. The van der Waals surface area contributed by atoms with E-state index in [1.807, 2.05) is 12.1 Å². The molecule has 0 saturated carbocycles. The van der Waals surface area contributed by atoms with Crippen LogP contribution in [0, 0.1) is 5.82 Å². The lowest BCUT2D eigenvalue weighted by Gasteiger charge is -2.12. The molecule has 0 radical (unpaired) electrons. The number of hydrogen-bond acceptors (Lipinski definition) is 6. The number of nitrogens with one attached hydrogen (secondary N) is 2. The van der Waals surface area contributed by atoms with E-state index in [1.165, 1.54) is 25.5 Å². The molecular formula is C31H27ClFN3O5. The summed E-state index contributed by atoms with van der Waals surface area (Å²) in [6, 6.07) is 23.0. The minimum atomic E-state index is -0.422. The zero-order valence-electron chi connectivity index (χ0n) is 22.3. The van der Waals surface area contributed by atoms with Crippen molar-refractivity contribution in [2.45, 2.75) is 13.0 Å². The number of rotatable bonds is 11. The number of methoxy groups -OCH3 is 2. The van der Waals surface area contributed by atoms with Crippen LogP contribution in [0.3, 0.4) is 0 Å². The van der Waals surface area contributed by atoms with Crippen molar-refractivity contribution in [2.24, 2.45) is 5.10 Å². The maximum atomic E-state index is 13.3. The van der Waals surface area contributed by atoms with Crippen LogP contribution in [0.5, 0.6) is 17.2 Å². The normalized spacial score (nSPS) is 10.7. The molecule has 0 aromatic heterocycles. The van der Waals surface area contributed by atoms with E-state index in [1.54, 1.807) is 67.8 Å². The van der Waals surface area contributed by atoms with E-state index in [0.717, 1.165) is 11.3 Å². The second-order valence-corrected chi connectivity index (χ2v) is 9.19. The average Bonchev–Trinajstić information content (AvgIpc) is 2.97. The van der Waals surface area contributed by atoms with Crippen molar-refractivity contribution in [3.63, 3.8) is 0 Å². The Morgan fingerprint density at radius 2 is 1.66 bits per heavy atom. The third kappa shape index (κ3) is 8.30. The fourth-order valence-corrected chi connectivity index (χ4v) is 3.97. The first-order chi connectivity index (χ1) is 19.8. The van der Waals surface area contributed by atoms with Gasteiger partial charge in [-0.3, -0.25) is 9.59 Å². The molecule has 2 amide bonds. The molecule has 0 bridgehead atoms. The van der Waals surface area contributed by atoms with E-state index in [4.69, 9.17) is 25.8 Å². The highest BCUT2D eigenvalue weighted by atomic mass is 35.5. The van der Waals surface area contributed by atoms with Gasteiger partial charge in [0.2, 0.25) is 5.91 Å². The highest BCUT2D eigenvalue weighted by Gasteiger charge is 2.10. The number of amides is 2. The van der Waals surface area contributed by atoms with E-state index in [-0.39, 0.29) is 24.0 Å². The van der Waals surface area contributed by atoms with E-state index in [0.29, 0.717) is 33.9 Å². The molecule has 4 rings (SSSR count). The number of benzene rings is 4. The summed E-state index contributed by atoms with van der Waals surface area (Å²) in [5, 5.41) is 7.10. The van der Waals surface area contributed by atoms with Gasteiger partial charge in [-0.1, -0.05) is 29.8 Å². The van der Waals surface area contributed by atoms with Gasteiger partial charge in [-0.25, -0.2) is 9.82 Å². The number of hydrazone groups is 1. The van der Waals surface area contributed by atoms with E-state index >= 15 is 0 Å². The number of ether oxygens (including phenoxy) is 3. The van der Waals surface area contributed by atoms with E-state index < -0.39 is 11.7 Å². The summed E-state index contributed by atoms with van der Waals surface area (Å²) in [6.45, 7) is 0.129. The molecule has 4 aromatic rings. The second-order valence-electron chi connectivity index (χ2n) is 8.78. The van der Waals surface area contributed by atoms with Crippen molar-refractivity contribution in [1.29, 1.82) is 0 Å². The van der Waals surface area contributed by atoms with Gasteiger partial charge in [0.05, 0.1) is 31.9 Å². The van der Waals surface area contributed by atoms with Gasteiger partial charge in [-0.05, 0) is 77.9 Å². The molecular weight excluding hydrogens is 549 g/mol. The number of nitrogens with zero attached hydrogens (tertiary/aromatic N) is 1. The zero-order chi connectivity index (χ0) is 29.2. The summed E-state index contributed by atoms with van der Waals surface area (Å²) < 4.78 is 29.6. The maximum Gasteiger partial charge on any atom is 0.271 e. The van der Waals surface area contributed by atoms with Crippen LogP contribution in [-0.2, 0) is 17.8 Å². The molecule has 0 spiro atoms. The topological polar surface area (TPSA) is 98.2 Å². The lowest BCUT2D eigenvalue weighted by atomic mass is 10.1. The predicted molar refractivity (Wildman–Crippen MR) is 156 cm³/mol. The van der Waals surface area contributed by atoms with Gasteiger partial charge in [0, 0.05) is 16.8 Å². The maximum absolute atomic E-state index is 13.3. The Bertz CT molecular complexity index is 1540. The Balaban J connectivity index is 1.28. The fraction of sp³-hybridized carbons (Fsp3) is 0.129. The quantitative estimate of drug-likeness (QED) is 0.168. The van der Waals surface area contributed by atoms with Crippen molar-refractivity contribution >= 4 is 35.3 Å². The number of anilines is 1. The van der Waals surface area contributed by atoms with Gasteiger partial charge in [0.15, 0.2) is 11.5 Å². The van der Waals surface area contributed by atoms with Crippen LogP contribution in [0.2, 0.25) is 5.02 Å². The number of carbonyl (C=O) groups is 2. The monoisotopic (exact) mass is 575 g/mol. The molecule has 41 heavy (non-hydrogen) atoms. The number of hydrogen-bond donors (Lipinski definition) is 2. The highest BCUT2D eigenvalue weighted by molar-refractivity contribution is 6.31. The van der Waals surface area contributed by atoms with Crippen LogP contribution in [-0.4, -0.2) is 32.2 Å². The van der Waals surface area contributed by atoms with Crippen molar-refractivity contribution in [1.82, 2.24) is 5.43 Å². The first-order valence-electron chi connectivity index (χ1n) is 12.5. The van der Waals surface area contributed by atoms with Gasteiger partial charge >= 0.3 is 0 Å². The number of carbonyl (C=O) groups excluding carboxylic acids is 2. The Morgan fingerprint density at radius 3 is 2.34 bits per heavy atom. The molecule has 10 heteroatoms. The van der Waals surface area contributed by atoms with Crippen LogP contribution in [0.25, 0.3) is 0 Å². The van der Waals surface area contributed by atoms with Crippen molar-refractivity contribution in [2.75, 3.05) is 19.5 Å². The lowest BCUT2D eigenvalue weighted by Crippen LogP contribution is -2.18. The summed E-state index contributed by atoms with van der Waals surface area (Å²) >= 11 is 6.06. The van der Waals surface area contributed by atoms with Crippen molar-refractivity contribution in [3.8, 4) is 17.2 Å². The molecule has 8 nitrogen and oxygen atoms in total. The van der Waals surface area contributed by atoms with Gasteiger partial charge in [0.1, 0.15) is 18.2 Å². The average molecular weight is 576 g/mol. The third-order valence-electron chi connectivity index (χ3n) is 5.92. The summed E-state index contributed by atoms with van der Waals surface area (Å²) in [6.07, 6.45) is 1.68. The van der Waals surface area contributed by atoms with Gasteiger partial charge in [-0.15, -0.1) is 0 Å². The molecule has 0 atom stereocenters. The largest absolute Gasteiger partial charge is 0.497 e.